The van der Waals surface area contributed by atoms with Crippen molar-refractivity contribution in [3.05, 3.63) is 29.8 Å². The Balaban J connectivity index is 0.00000261. The van der Waals surface area contributed by atoms with Crippen molar-refractivity contribution in [3.63, 3.8) is 0 Å². The molecule has 0 saturated carbocycles. The Hall–Kier alpha value is -1.35. The molecule has 1 fully saturated rings. The van der Waals surface area contributed by atoms with Crippen molar-refractivity contribution in [1.29, 1.82) is 0 Å². The van der Waals surface area contributed by atoms with Crippen molar-refractivity contribution in [2.75, 3.05) is 44.6 Å². The number of hydrogen-bond acceptors (Lipinski definition) is 3. The number of para-hydroxylation sites is 1. The summed E-state index contributed by atoms with van der Waals surface area (Å²) < 4.78 is 0. The third-order valence-corrected chi connectivity index (χ3v) is 5.09. The first-order valence-corrected chi connectivity index (χ1v) is 9.89. The number of benzene rings is 1. The molecule has 1 amide bonds. The van der Waals surface area contributed by atoms with Gasteiger partial charge in [0.05, 0.1) is 6.54 Å². The highest BCUT2D eigenvalue weighted by Gasteiger charge is 2.24. The molecule has 7 heteroatoms. The molecular formula is C20H32IN5O. The van der Waals surface area contributed by atoms with Gasteiger partial charge in [0.1, 0.15) is 0 Å². The summed E-state index contributed by atoms with van der Waals surface area (Å²) in [5, 5.41) is 9.70. The molecule has 6 nitrogen and oxygen atoms in total. The minimum Gasteiger partial charge on any atom is -0.357 e. The van der Waals surface area contributed by atoms with Gasteiger partial charge in [0, 0.05) is 37.7 Å². The van der Waals surface area contributed by atoms with Crippen molar-refractivity contribution in [1.82, 2.24) is 15.5 Å². The van der Waals surface area contributed by atoms with Crippen LogP contribution in [0.15, 0.2) is 29.3 Å². The third-order valence-electron chi connectivity index (χ3n) is 5.09. The van der Waals surface area contributed by atoms with E-state index in [2.05, 4.69) is 33.8 Å². The molecule has 0 aliphatic carbocycles. The summed E-state index contributed by atoms with van der Waals surface area (Å²) in [5.74, 6) is 1.05. The van der Waals surface area contributed by atoms with Gasteiger partial charge in [0.25, 0.3) is 0 Å². The van der Waals surface area contributed by atoms with Crippen LogP contribution in [0.3, 0.4) is 0 Å². The lowest BCUT2D eigenvalue weighted by molar-refractivity contribution is -0.116. The Kier molecular flexibility index (Phi) is 9.33. The lowest BCUT2D eigenvalue weighted by Gasteiger charge is -2.27. The molecule has 0 radical (unpaired) electrons. The molecule has 2 aliphatic rings. The Labute approximate surface area is 179 Å². The molecule has 150 valence electrons. The number of guanidine groups is 1. The SMILES string of the molecule is CCNC(=NCC1CC(=O)Nc2ccccc21)NCCN1CCCCC1.I. The molecular weight excluding hydrogens is 453 g/mol. The number of hydrogen-bond donors (Lipinski definition) is 3. The Morgan fingerprint density at radius 3 is 2.78 bits per heavy atom. The summed E-state index contributed by atoms with van der Waals surface area (Å²) >= 11 is 0. The normalized spacial score (nSPS) is 20.3. The maximum atomic E-state index is 12.0. The van der Waals surface area contributed by atoms with E-state index < -0.39 is 0 Å². The van der Waals surface area contributed by atoms with Crippen LogP contribution in [-0.4, -0.2) is 56.0 Å². The predicted octanol–water partition coefficient (Wildman–Crippen LogP) is 2.77. The summed E-state index contributed by atoms with van der Waals surface area (Å²) in [6.45, 7) is 7.89. The lowest BCUT2D eigenvalue weighted by atomic mass is 9.91. The fourth-order valence-corrected chi connectivity index (χ4v) is 3.72. The van der Waals surface area contributed by atoms with Crippen molar-refractivity contribution in [2.45, 2.75) is 38.5 Å². The molecule has 0 aromatic heterocycles. The minimum atomic E-state index is 0. The second kappa shape index (κ2) is 11.5. The summed E-state index contributed by atoms with van der Waals surface area (Å²) in [4.78, 5) is 19.2. The van der Waals surface area contributed by atoms with Crippen LogP contribution < -0.4 is 16.0 Å². The molecule has 3 N–H and O–H groups in total. The van der Waals surface area contributed by atoms with Gasteiger partial charge >= 0.3 is 0 Å². The van der Waals surface area contributed by atoms with Gasteiger partial charge in [-0.1, -0.05) is 24.6 Å². The fraction of sp³-hybridized carbons (Fsp3) is 0.600. The number of rotatable bonds is 6. The highest BCUT2D eigenvalue weighted by atomic mass is 127. The Morgan fingerprint density at radius 1 is 1.22 bits per heavy atom. The highest BCUT2D eigenvalue weighted by molar-refractivity contribution is 14.0. The van der Waals surface area contributed by atoms with Gasteiger partial charge in [-0.15, -0.1) is 24.0 Å². The highest BCUT2D eigenvalue weighted by Crippen LogP contribution is 2.31. The molecule has 27 heavy (non-hydrogen) atoms. The molecule has 0 spiro atoms. The monoisotopic (exact) mass is 485 g/mol. The number of amides is 1. The van der Waals surface area contributed by atoms with E-state index in [-0.39, 0.29) is 35.8 Å². The first-order valence-electron chi connectivity index (χ1n) is 9.89. The lowest BCUT2D eigenvalue weighted by Crippen LogP contribution is -2.43. The average Bonchev–Trinajstić information content (AvgIpc) is 2.66. The summed E-state index contributed by atoms with van der Waals surface area (Å²) in [6.07, 6.45) is 4.49. The number of anilines is 1. The van der Waals surface area contributed by atoms with E-state index in [9.17, 15) is 4.79 Å². The molecule has 0 bridgehead atoms. The zero-order valence-electron chi connectivity index (χ0n) is 16.2. The van der Waals surface area contributed by atoms with Gasteiger partial charge in [-0.3, -0.25) is 9.79 Å². The van der Waals surface area contributed by atoms with E-state index >= 15 is 0 Å². The summed E-state index contributed by atoms with van der Waals surface area (Å²) in [5.41, 5.74) is 2.10. The van der Waals surface area contributed by atoms with Crippen LogP contribution in [0.1, 0.15) is 44.1 Å². The van der Waals surface area contributed by atoms with Gasteiger partial charge in [-0.25, -0.2) is 0 Å². The van der Waals surface area contributed by atoms with E-state index in [1.165, 1.54) is 37.9 Å². The van der Waals surface area contributed by atoms with Crippen LogP contribution in [0.25, 0.3) is 0 Å². The fourth-order valence-electron chi connectivity index (χ4n) is 3.72. The average molecular weight is 485 g/mol. The zero-order valence-corrected chi connectivity index (χ0v) is 18.5. The number of nitrogens with one attached hydrogen (secondary N) is 3. The quantitative estimate of drug-likeness (QED) is 0.330. The van der Waals surface area contributed by atoms with Gasteiger partial charge < -0.3 is 20.9 Å². The van der Waals surface area contributed by atoms with Crippen LogP contribution in [0.2, 0.25) is 0 Å². The smallest absolute Gasteiger partial charge is 0.225 e. The number of fused-ring (bicyclic) bond motifs is 1. The molecule has 1 atom stereocenters. The van der Waals surface area contributed by atoms with Crippen molar-refractivity contribution < 1.29 is 4.79 Å². The third kappa shape index (κ3) is 6.64. The molecule has 2 heterocycles. The number of likely N-dealkylation sites (tertiary alicyclic amines) is 1. The first kappa shape index (κ1) is 21.9. The van der Waals surface area contributed by atoms with Crippen LogP contribution in [0.5, 0.6) is 0 Å². The van der Waals surface area contributed by atoms with E-state index in [1.807, 2.05) is 18.2 Å². The van der Waals surface area contributed by atoms with Gasteiger partial charge in [0.2, 0.25) is 5.91 Å². The number of piperidine rings is 1. The number of carbonyl (C=O) groups is 1. The standard InChI is InChI=1S/C20H31N5O.HI/c1-2-21-20(22-10-13-25-11-6-3-7-12-25)23-15-16-14-19(26)24-18-9-5-4-8-17(16)18;/h4-5,8-9,16H,2-3,6-7,10-15H2,1H3,(H,24,26)(H2,21,22,23);1H. The number of halogens is 1. The van der Waals surface area contributed by atoms with E-state index in [0.29, 0.717) is 13.0 Å². The number of nitrogens with zero attached hydrogens (tertiary/aromatic N) is 2. The van der Waals surface area contributed by atoms with Crippen LogP contribution in [0, 0.1) is 0 Å². The second-order valence-corrected chi connectivity index (χ2v) is 7.09. The Bertz CT molecular complexity index is 631. The van der Waals surface area contributed by atoms with Gasteiger partial charge in [0.15, 0.2) is 5.96 Å². The summed E-state index contributed by atoms with van der Waals surface area (Å²) in [7, 11) is 0. The second-order valence-electron chi connectivity index (χ2n) is 7.09. The van der Waals surface area contributed by atoms with E-state index in [4.69, 9.17) is 4.99 Å². The van der Waals surface area contributed by atoms with Gasteiger partial charge in [-0.05, 0) is 44.5 Å². The van der Waals surface area contributed by atoms with Crippen molar-refractivity contribution in [3.8, 4) is 0 Å². The van der Waals surface area contributed by atoms with Crippen LogP contribution in [-0.2, 0) is 4.79 Å². The number of aliphatic imine (C=N–C) groups is 1. The molecule has 1 aromatic rings. The number of carbonyl (C=O) groups excluding carboxylic acids is 1. The maximum absolute atomic E-state index is 12.0. The van der Waals surface area contributed by atoms with Crippen LogP contribution >= 0.6 is 24.0 Å². The first-order chi connectivity index (χ1) is 12.8. The molecule has 2 aliphatic heterocycles. The minimum absolute atomic E-state index is 0. The van der Waals surface area contributed by atoms with Crippen LogP contribution in [0.4, 0.5) is 5.69 Å². The van der Waals surface area contributed by atoms with Gasteiger partial charge in [-0.2, -0.15) is 0 Å². The largest absolute Gasteiger partial charge is 0.357 e. The topological polar surface area (TPSA) is 68.8 Å². The molecule has 1 aromatic carbocycles. The summed E-state index contributed by atoms with van der Waals surface area (Å²) in [6, 6.07) is 8.03. The van der Waals surface area contributed by atoms with Crippen molar-refractivity contribution in [2.24, 2.45) is 4.99 Å². The van der Waals surface area contributed by atoms with Crippen molar-refractivity contribution >= 4 is 41.5 Å². The molecule has 1 unspecified atom stereocenters. The maximum Gasteiger partial charge on any atom is 0.225 e. The predicted molar refractivity (Wildman–Crippen MR) is 122 cm³/mol. The zero-order chi connectivity index (χ0) is 18.2. The van der Waals surface area contributed by atoms with E-state index in [1.54, 1.807) is 0 Å². The molecule has 3 rings (SSSR count). The van der Waals surface area contributed by atoms with E-state index in [0.717, 1.165) is 31.3 Å². The molecule has 1 saturated heterocycles. The Morgan fingerprint density at radius 2 is 2.00 bits per heavy atom.